The quantitative estimate of drug-likeness (QED) is 0.693. The molecule has 0 saturated heterocycles. The second-order valence-electron chi connectivity index (χ2n) is 5.07. The summed E-state index contributed by atoms with van der Waals surface area (Å²) in [5.41, 5.74) is 11.6. The van der Waals surface area contributed by atoms with Crippen LogP contribution in [0.25, 0.3) is 11.0 Å². The van der Waals surface area contributed by atoms with Crippen LogP contribution in [0, 0.1) is 20.8 Å². The van der Waals surface area contributed by atoms with E-state index in [0.29, 0.717) is 11.7 Å². The van der Waals surface area contributed by atoms with Gasteiger partial charge in [-0.2, -0.15) is 4.98 Å². The summed E-state index contributed by atoms with van der Waals surface area (Å²) in [5.74, 6) is 0.858. The third-order valence-corrected chi connectivity index (χ3v) is 3.56. The Morgan fingerprint density at radius 3 is 2.60 bits per heavy atom. The van der Waals surface area contributed by atoms with Crippen LogP contribution >= 0.6 is 0 Å². The Labute approximate surface area is 117 Å². The number of imidazole rings is 1. The van der Waals surface area contributed by atoms with Gasteiger partial charge in [0, 0.05) is 5.69 Å². The predicted molar refractivity (Wildman–Crippen MR) is 81.2 cm³/mol. The summed E-state index contributed by atoms with van der Waals surface area (Å²) < 4.78 is 5.94. The molecule has 3 rings (SSSR count). The van der Waals surface area contributed by atoms with Gasteiger partial charge in [-0.15, -0.1) is 0 Å². The maximum absolute atomic E-state index is 5.94. The number of aromatic nitrogens is 2. The predicted octanol–water partition coefficient (Wildman–Crippen LogP) is 3.86. The SMILES string of the molecule is Cc1ccc(C)c(Oc2nc3ccc(N)cc3[nH]2)c1C. The van der Waals surface area contributed by atoms with E-state index in [9.17, 15) is 0 Å². The summed E-state index contributed by atoms with van der Waals surface area (Å²) in [7, 11) is 0. The lowest BCUT2D eigenvalue weighted by Crippen LogP contribution is -1.94. The summed E-state index contributed by atoms with van der Waals surface area (Å²) in [5, 5.41) is 0. The zero-order valence-corrected chi connectivity index (χ0v) is 11.8. The summed E-state index contributed by atoms with van der Waals surface area (Å²) >= 11 is 0. The molecule has 0 saturated carbocycles. The molecular formula is C16H17N3O. The molecule has 0 atom stereocenters. The van der Waals surface area contributed by atoms with Gasteiger partial charge in [0.25, 0.3) is 6.01 Å². The van der Waals surface area contributed by atoms with Crippen molar-refractivity contribution in [2.24, 2.45) is 0 Å². The Hall–Kier alpha value is -2.49. The first-order chi connectivity index (χ1) is 9.54. The molecule has 1 heterocycles. The van der Waals surface area contributed by atoms with Crippen molar-refractivity contribution in [3.8, 4) is 11.8 Å². The number of nitrogens with two attached hydrogens (primary N) is 1. The van der Waals surface area contributed by atoms with Gasteiger partial charge >= 0.3 is 0 Å². The highest BCUT2D eigenvalue weighted by Gasteiger charge is 2.10. The fourth-order valence-corrected chi connectivity index (χ4v) is 2.23. The summed E-state index contributed by atoms with van der Waals surface area (Å²) in [4.78, 5) is 7.57. The summed E-state index contributed by atoms with van der Waals surface area (Å²) in [6.07, 6.45) is 0. The molecule has 4 heteroatoms. The first kappa shape index (κ1) is 12.5. The van der Waals surface area contributed by atoms with Crippen LogP contribution in [0.3, 0.4) is 0 Å². The second-order valence-corrected chi connectivity index (χ2v) is 5.07. The van der Waals surface area contributed by atoms with Crippen molar-refractivity contribution < 1.29 is 4.74 Å². The Morgan fingerprint density at radius 1 is 1.05 bits per heavy atom. The highest BCUT2D eigenvalue weighted by Crippen LogP contribution is 2.30. The topological polar surface area (TPSA) is 63.9 Å². The van der Waals surface area contributed by atoms with E-state index in [-0.39, 0.29) is 0 Å². The molecule has 4 nitrogen and oxygen atoms in total. The number of aryl methyl sites for hydroxylation is 2. The van der Waals surface area contributed by atoms with Crippen molar-refractivity contribution >= 4 is 16.7 Å². The third kappa shape index (κ3) is 2.09. The van der Waals surface area contributed by atoms with Gasteiger partial charge in [-0.05, 0) is 55.7 Å². The van der Waals surface area contributed by atoms with Crippen molar-refractivity contribution in [1.82, 2.24) is 9.97 Å². The maximum Gasteiger partial charge on any atom is 0.300 e. The monoisotopic (exact) mass is 267 g/mol. The average Bonchev–Trinajstić information content (AvgIpc) is 2.81. The minimum absolute atomic E-state index is 0.488. The van der Waals surface area contributed by atoms with Crippen LogP contribution in [0.15, 0.2) is 30.3 Å². The van der Waals surface area contributed by atoms with Crippen LogP contribution in [0.1, 0.15) is 16.7 Å². The highest BCUT2D eigenvalue weighted by molar-refractivity contribution is 5.79. The fourth-order valence-electron chi connectivity index (χ4n) is 2.23. The van der Waals surface area contributed by atoms with Crippen molar-refractivity contribution in [3.63, 3.8) is 0 Å². The number of nitrogen functional groups attached to an aromatic ring is 1. The van der Waals surface area contributed by atoms with Gasteiger partial charge in [0.1, 0.15) is 5.75 Å². The Morgan fingerprint density at radius 2 is 1.80 bits per heavy atom. The standard InChI is InChI=1S/C16H17N3O/c1-9-4-5-10(2)15(11(9)3)20-16-18-13-7-6-12(17)8-14(13)19-16/h4-8H,17H2,1-3H3,(H,18,19). The van der Waals surface area contributed by atoms with Crippen LogP contribution in [0.5, 0.6) is 11.8 Å². The molecule has 0 aliphatic rings. The number of hydrogen-bond acceptors (Lipinski definition) is 3. The normalized spacial score (nSPS) is 10.9. The molecule has 0 amide bonds. The Bertz CT molecular complexity index is 790. The number of nitrogens with zero attached hydrogens (tertiary/aromatic N) is 1. The Balaban J connectivity index is 2.03. The van der Waals surface area contributed by atoms with E-state index >= 15 is 0 Å². The Kier molecular flexibility index (Phi) is 2.86. The van der Waals surface area contributed by atoms with Crippen LogP contribution in [0.4, 0.5) is 5.69 Å². The lowest BCUT2D eigenvalue weighted by atomic mass is 10.1. The molecule has 0 bridgehead atoms. The van der Waals surface area contributed by atoms with E-state index < -0.39 is 0 Å². The van der Waals surface area contributed by atoms with E-state index in [1.54, 1.807) is 0 Å². The molecule has 3 aromatic rings. The third-order valence-electron chi connectivity index (χ3n) is 3.56. The number of H-pyrrole nitrogens is 1. The largest absolute Gasteiger partial charge is 0.425 e. The minimum atomic E-state index is 0.488. The molecule has 0 spiro atoms. The molecule has 0 radical (unpaired) electrons. The van der Waals surface area contributed by atoms with Gasteiger partial charge in [-0.1, -0.05) is 12.1 Å². The van der Waals surface area contributed by atoms with E-state index in [4.69, 9.17) is 10.5 Å². The zero-order chi connectivity index (χ0) is 14.3. The number of ether oxygens (including phenoxy) is 1. The molecule has 3 N–H and O–H groups in total. The molecule has 2 aromatic carbocycles. The maximum atomic E-state index is 5.94. The number of hydrogen-bond donors (Lipinski definition) is 2. The minimum Gasteiger partial charge on any atom is -0.425 e. The van der Waals surface area contributed by atoms with Crippen molar-refractivity contribution in [2.75, 3.05) is 5.73 Å². The molecule has 0 unspecified atom stereocenters. The zero-order valence-electron chi connectivity index (χ0n) is 11.8. The summed E-state index contributed by atoms with van der Waals surface area (Å²) in [6, 6.07) is 10.2. The highest BCUT2D eigenvalue weighted by atomic mass is 16.5. The first-order valence-electron chi connectivity index (χ1n) is 6.54. The van der Waals surface area contributed by atoms with Crippen molar-refractivity contribution in [1.29, 1.82) is 0 Å². The van der Waals surface area contributed by atoms with E-state index in [2.05, 4.69) is 35.9 Å². The molecule has 0 aliphatic carbocycles. The van der Waals surface area contributed by atoms with Crippen LogP contribution in [0.2, 0.25) is 0 Å². The number of benzene rings is 2. The van der Waals surface area contributed by atoms with Crippen LogP contribution in [-0.2, 0) is 0 Å². The summed E-state index contributed by atoms with van der Waals surface area (Å²) in [6.45, 7) is 6.15. The van der Waals surface area contributed by atoms with Gasteiger partial charge in [-0.3, -0.25) is 0 Å². The van der Waals surface area contributed by atoms with Gasteiger partial charge in [0.05, 0.1) is 11.0 Å². The smallest absolute Gasteiger partial charge is 0.300 e. The van der Waals surface area contributed by atoms with E-state index in [1.807, 2.05) is 25.1 Å². The molecular weight excluding hydrogens is 250 g/mol. The lowest BCUT2D eigenvalue weighted by Gasteiger charge is -2.11. The number of rotatable bonds is 2. The van der Waals surface area contributed by atoms with E-state index in [0.717, 1.165) is 27.9 Å². The van der Waals surface area contributed by atoms with Crippen LogP contribution < -0.4 is 10.5 Å². The van der Waals surface area contributed by atoms with Crippen LogP contribution in [-0.4, -0.2) is 9.97 Å². The van der Waals surface area contributed by atoms with Crippen molar-refractivity contribution in [2.45, 2.75) is 20.8 Å². The number of anilines is 1. The first-order valence-corrected chi connectivity index (χ1v) is 6.54. The fraction of sp³-hybridized carbons (Fsp3) is 0.188. The molecule has 102 valence electrons. The van der Waals surface area contributed by atoms with Gasteiger partial charge in [0.2, 0.25) is 0 Å². The van der Waals surface area contributed by atoms with Crippen molar-refractivity contribution in [3.05, 3.63) is 47.0 Å². The lowest BCUT2D eigenvalue weighted by molar-refractivity contribution is 0.442. The van der Waals surface area contributed by atoms with Gasteiger partial charge in [0.15, 0.2) is 0 Å². The molecule has 1 aromatic heterocycles. The van der Waals surface area contributed by atoms with Gasteiger partial charge < -0.3 is 15.5 Å². The second kappa shape index (κ2) is 4.56. The van der Waals surface area contributed by atoms with Gasteiger partial charge in [-0.25, -0.2) is 0 Å². The molecule has 0 fully saturated rings. The average molecular weight is 267 g/mol. The molecule has 20 heavy (non-hydrogen) atoms. The number of fused-ring (bicyclic) bond motifs is 1. The molecule has 0 aliphatic heterocycles. The number of nitrogens with one attached hydrogen (secondary N) is 1. The number of aromatic amines is 1. The van der Waals surface area contributed by atoms with E-state index in [1.165, 1.54) is 5.56 Å².